The molecule has 0 fully saturated rings. The van der Waals surface area contributed by atoms with Crippen LogP contribution in [0.25, 0.3) is 11.6 Å². The van der Waals surface area contributed by atoms with Crippen molar-refractivity contribution >= 4 is 34.8 Å². The van der Waals surface area contributed by atoms with Crippen LogP contribution >= 0.6 is 11.3 Å². The van der Waals surface area contributed by atoms with E-state index in [0.29, 0.717) is 28.2 Å². The molecule has 5 rings (SSSR count). The van der Waals surface area contributed by atoms with Gasteiger partial charge in [0.1, 0.15) is 0 Å². The minimum Gasteiger partial charge on any atom is -0.454 e. The summed E-state index contributed by atoms with van der Waals surface area (Å²) >= 11 is 1.58. The van der Waals surface area contributed by atoms with Crippen molar-refractivity contribution < 1.29 is 19.1 Å². The first-order chi connectivity index (χ1) is 14.1. The number of ether oxygens (including phenoxy) is 2. The Kier molecular flexibility index (Phi) is 4.21. The monoisotopic (exact) mass is 403 g/mol. The van der Waals surface area contributed by atoms with E-state index in [2.05, 4.69) is 0 Å². The number of hydrogen-bond acceptors (Lipinski definition) is 5. The summed E-state index contributed by atoms with van der Waals surface area (Å²) in [5, 5.41) is 2.00. The SMILES string of the molecule is Cc1ccsc1C=C1C(=O)N(Cc2ccc3c(c2)OCO3)C(=O)c2ccccc21. The minimum absolute atomic E-state index is 0.170. The van der Waals surface area contributed by atoms with Crippen molar-refractivity contribution in [2.75, 3.05) is 6.79 Å². The lowest BCUT2D eigenvalue weighted by molar-refractivity contribution is -0.123. The van der Waals surface area contributed by atoms with Gasteiger partial charge in [-0.3, -0.25) is 14.5 Å². The highest BCUT2D eigenvalue weighted by Gasteiger charge is 2.35. The van der Waals surface area contributed by atoms with Gasteiger partial charge in [-0.05, 0) is 59.3 Å². The van der Waals surface area contributed by atoms with Gasteiger partial charge in [0.15, 0.2) is 11.5 Å². The highest BCUT2D eigenvalue weighted by Crippen LogP contribution is 2.35. The van der Waals surface area contributed by atoms with Crippen LogP contribution in [0.15, 0.2) is 53.9 Å². The summed E-state index contributed by atoms with van der Waals surface area (Å²) in [6, 6.07) is 14.8. The van der Waals surface area contributed by atoms with E-state index in [9.17, 15) is 9.59 Å². The Balaban J connectivity index is 1.56. The van der Waals surface area contributed by atoms with Gasteiger partial charge in [0.25, 0.3) is 11.8 Å². The zero-order valence-corrected chi connectivity index (χ0v) is 16.5. The standard InChI is InChI=1S/C23H17NO4S/c1-14-8-9-29-21(14)11-18-16-4-2-3-5-17(16)22(25)24(23(18)26)12-15-6-7-19-20(10-15)28-13-27-19/h2-11H,12-13H2,1H3. The predicted octanol–water partition coefficient (Wildman–Crippen LogP) is 4.51. The lowest BCUT2D eigenvalue weighted by Crippen LogP contribution is -2.41. The van der Waals surface area contributed by atoms with Crippen LogP contribution in [0.1, 0.15) is 31.9 Å². The van der Waals surface area contributed by atoms with E-state index in [4.69, 9.17) is 9.47 Å². The Morgan fingerprint density at radius 2 is 1.79 bits per heavy atom. The third-order valence-corrected chi connectivity index (χ3v) is 6.09. The summed E-state index contributed by atoms with van der Waals surface area (Å²) in [5.41, 5.74) is 3.66. The first-order valence-electron chi connectivity index (χ1n) is 9.22. The zero-order valence-electron chi connectivity index (χ0n) is 15.7. The van der Waals surface area contributed by atoms with Gasteiger partial charge >= 0.3 is 0 Å². The molecule has 0 unspecified atom stereocenters. The molecule has 2 amide bonds. The van der Waals surface area contributed by atoms with Gasteiger partial charge in [0.2, 0.25) is 6.79 Å². The number of thiophene rings is 1. The third kappa shape index (κ3) is 3.02. The van der Waals surface area contributed by atoms with E-state index in [1.165, 1.54) is 4.90 Å². The normalized spacial score (nSPS) is 16.4. The highest BCUT2D eigenvalue weighted by molar-refractivity contribution is 7.11. The van der Waals surface area contributed by atoms with Gasteiger partial charge in [-0.15, -0.1) is 11.3 Å². The fourth-order valence-corrected chi connectivity index (χ4v) is 4.43. The molecule has 2 aromatic carbocycles. The molecule has 0 atom stereocenters. The number of carbonyl (C=O) groups excluding carboxylic acids is 2. The van der Waals surface area contributed by atoms with Crippen LogP contribution in [0.4, 0.5) is 0 Å². The number of aryl methyl sites for hydroxylation is 1. The second kappa shape index (κ2) is 6.90. The Labute approximate surface area is 171 Å². The summed E-state index contributed by atoms with van der Waals surface area (Å²) in [6.45, 7) is 2.36. The first-order valence-corrected chi connectivity index (χ1v) is 10.1. The molecule has 0 aliphatic carbocycles. The molecule has 2 aliphatic heterocycles. The number of carbonyl (C=O) groups is 2. The quantitative estimate of drug-likeness (QED) is 0.477. The Hall–Kier alpha value is -3.38. The van der Waals surface area contributed by atoms with Crippen molar-refractivity contribution in [3.05, 3.63) is 81.0 Å². The van der Waals surface area contributed by atoms with Crippen LogP contribution in [0, 0.1) is 6.92 Å². The summed E-state index contributed by atoms with van der Waals surface area (Å²) < 4.78 is 10.8. The number of nitrogens with zero attached hydrogens (tertiary/aromatic N) is 1. The van der Waals surface area contributed by atoms with Crippen molar-refractivity contribution in [3.63, 3.8) is 0 Å². The van der Waals surface area contributed by atoms with Crippen molar-refractivity contribution in [1.82, 2.24) is 4.90 Å². The second-order valence-corrected chi connectivity index (χ2v) is 7.90. The molecule has 3 aromatic rings. The number of amides is 2. The topological polar surface area (TPSA) is 55.8 Å². The van der Waals surface area contributed by atoms with E-state index in [1.807, 2.05) is 54.8 Å². The average Bonchev–Trinajstić information content (AvgIpc) is 3.36. The van der Waals surface area contributed by atoms with Crippen LogP contribution in [0.5, 0.6) is 11.5 Å². The molecule has 3 heterocycles. The molecule has 5 nitrogen and oxygen atoms in total. The molecule has 0 radical (unpaired) electrons. The van der Waals surface area contributed by atoms with Crippen molar-refractivity contribution in [1.29, 1.82) is 0 Å². The van der Waals surface area contributed by atoms with Crippen LogP contribution in [-0.4, -0.2) is 23.5 Å². The van der Waals surface area contributed by atoms with Crippen molar-refractivity contribution in [2.45, 2.75) is 13.5 Å². The maximum atomic E-state index is 13.4. The van der Waals surface area contributed by atoms with Gasteiger partial charge in [-0.1, -0.05) is 24.3 Å². The molecular weight excluding hydrogens is 386 g/mol. The first kappa shape index (κ1) is 17.7. The van der Waals surface area contributed by atoms with Crippen molar-refractivity contribution in [2.24, 2.45) is 0 Å². The van der Waals surface area contributed by atoms with E-state index >= 15 is 0 Å². The fraction of sp³-hybridized carbons (Fsp3) is 0.130. The number of benzene rings is 2. The number of imide groups is 1. The maximum Gasteiger partial charge on any atom is 0.261 e. The lowest BCUT2D eigenvalue weighted by Gasteiger charge is -2.28. The van der Waals surface area contributed by atoms with Crippen molar-refractivity contribution in [3.8, 4) is 11.5 Å². The summed E-state index contributed by atoms with van der Waals surface area (Å²) in [7, 11) is 0. The molecule has 0 spiro atoms. The van der Waals surface area contributed by atoms with Gasteiger partial charge in [0.05, 0.1) is 6.54 Å². The smallest absolute Gasteiger partial charge is 0.261 e. The van der Waals surface area contributed by atoms with Crippen LogP contribution in [0.2, 0.25) is 0 Å². The molecule has 0 saturated heterocycles. The number of fused-ring (bicyclic) bond motifs is 2. The largest absolute Gasteiger partial charge is 0.454 e. The van der Waals surface area contributed by atoms with E-state index in [1.54, 1.807) is 23.5 Å². The third-order valence-electron chi connectivity index (χ3n) is 5.12. The molecule has 2 aliphatic rings. The predicted molar refractivity (Wildman–Crippen MR) is 111 cm³/mol. The van der Waals surface area contributed by atoms with E-state index in [0.717, 1.165) is 16.0 Å². The number of rotatable bonds is 3. The Morgan fingerprint density at radius 1 is 1.00 bits per heavy atom. The fourth-order valence-electron chi connectivity index (χ4n) is 3.57. The highest BCUT2D eigenvalue weighted by atomic mass is 32.1. The lowest BCUT2D eigenvalue weighted by atomic mass is 9.92. The maximum absolute atomic E-state index is 13.4. The Bertz CT molecular complexity index is 1180. The molecule has 1 aromatic heterocycles. The summed E-state index contributed by atoms with van der Waals surface area (Å²) in [6.07, 6.45) is 1.89. The van der Waals surface area contributed by atoms with Crippen LogP contribution in [0.3, 0.4) is 0 Å². The second-order valence-electron chi connectivity index (χ2n) is 6.96. The molecule has 29 heavy (non-hydrogen) atoms. The van der Waals surface area contributed by atoms with E-state index in [-0.39, 0.29) is 25.2 Å². The van der Waals surface area contributed by atoms with Gasteiger partial charge < -0.3 is 9.47 Å². The Morgan fingerprint density at radius 3 is 2.59 bits per heavy atom. The molecule has 144 valence electrons. The summed E-state index contributed by atoms with van der Waals surface area (Å²) in [5.74, 6) is 0.719. The molecule has 0 saturated carbocycles. The van der Waals surface area contributed by atoms with E-state index < -0.39 is 0 Å². The van der Waals surface area contributed by atoms with Crippen LogP contribution < -0.4 is 9.47 Å². The zero-order chi connectivity index (χ0) is 20.0. The summed E-state index contributed by atoms with van der Waals surface area (Å²) in [4.78, 5) is 28.8. The van der Waals surface area contributed by atoms with Gasteiger partial charge in [-0.25, -0.2) is 0 Å². The molecule has 6 heteroatoms. The molecule has 0 N–H and O–H groups in total. The number of hydrogen-bond donors (Lipinski definition) is 0. The van der Waals surface area contributed by atoms with Crippen LogP contribution in [-0.2, 0) is 11.3 Å². The minimum atomic E-state index is -0.292. The van der Waals surface area contributed by atoms with Gasteiger partial charge in [0, 0.05) is 16.0 Å². The van der Waals surface area contributed by atoms with Gasteiger partial charge in [-0.2, -0.15) is 0 Å². The average molecular weight is 403 g/mol. The molecule has 0 bridgehead atoms. The molecular formula is C23H17NO4S.